The Hall–Kier alpha value is -2.95. The molecule has 2 rings (SSSR count). The van der Waals surface area contributed by atoms with Crippen LogP contribution < -0.4 is 5.32 Å². The molecule has 0 saturated heterocycles. The van der Waals surface area contributed by atoms with Gasteiger partial charge in [-0.3, -0.25) is 9.59 Å². The van der Waals surface area contributed by atoms with Crippen molar-refractivity contribution in [3.05, 3.63) is 84.2 Å². The second-order valence-corrected chi connectivity index (χ2v) is 6.02. The van der Waals surface area contributed by atoms with Crippen molar-refractivity contribution in [2.75, 3.05) is 6.54 Å². The molecule has 0 aliphatic rings. The van der Waals surface area contributed by atoms with E-state index < -0.39 is 6.04 Å². The molecule has 0 fully saturated rings. The fraction of sp³-hybridized carbons (Fsp3) is 0.238. The van der Waals surface area contributed by atoms with Crippen LogP contribution in [-0.2, 0) is 22.6 Å². The lowest BCUT2D eigenvalue weighted by atomic mass is 10.1. The van der Waals surface area contributed by atoms with Gasteiger partial charge in [0.2, 0.25) is 11.8 Å². The minimum Gasteiger partial charge on any atom is -0.351 e. The number of hydrogen-bond donors (Lipinski definition) is 1. The third-order valence-electron chi connectivity index (χ3n) is 4.05. The molecule has 1 N–H and O–H groups in total. The SMILES string of the molecule is C=CCNC(=O)[C@H](C)N(Cc1ccc(F)cc1)C(=O)Cc1ccccc1. The smallest absolute Gasteiger partial charge is 0.242 e. The van der Waals surface area contributed by atoms with Gasteiger partial charge < -0.3 is 10.2 Å². The Bertz CT molecular complexity index is 744. The second-order valence-electron chi connectivity index (χ2n) is 6.02. The quantitative estimate of drug-likeness (QED) is 0.741. The van der Waals surface area contributed by atoms with Crippen LogP contribution in [0.25, 0.3) is 0 Å². The molecule has 0 unspecified atom stereocenters. The van der Waals surface area contributed by atoms with Crippen molar-refractivity contribution in [2.24, 2.45) is 0 Å². The van der Waals surface area contributed by atoms with Gasteiger partial charge in [-0.25, -0.2) is 4.39 Å². The van der Waals surface area contributed by atoms with Crippen molar-refractivity contribution in [1.29, 1.82) is 0 Å². The highest BCUT2D eigenvalue weighted by Crippen LogP contribution is 2.13. The predicted molar refractivity (Wildman–Crippen MR) is 99.8 cm³/mol. The second kappa shape index (κ2) is 9.51. The first-order chi connectivity index (χ1) is 12.5. The Kier molecular flexibility index (Phi) is 7.09. The van der Waals surface area contributed by atoms with E-state index in [-0.39, 0.29) is 30.6 Å². The lowest BCUT2D eigenvalue weighted by Gasteiger charge is -2.29. The number of carbonyl (C=O) groups excluding carboxylic acids is 2. The highest BCUT2D eigenvalue weighted by molar-refractivity contribution is 5.88. The number of halogens is 1. The van der Waals surface area contributed by atoms with Crippen LogP contribution in [0, 0.1) is 5.82 Å². The van der Waals surface area contributed by atoms with Crippen LogP contribution in [-0.4, -0.2) is 29.3 Å². The standard InChI is InChI=1S/C21H23FN2O2/c1-3-13-23-21(26)16(2)24(15-18-9-11-19(22)12-10-18)20(25)14-17-7-5-4-6-8-17/h3-12,16H,1,13-15H2,2H3,(H,23,26)/t16-/m0/s1. The molecule has 0 aliphatic carbocycles. The normalized spacial score (nSPS) is 11.5. The van der Waals surface area contributed by atoms with Gasteiger partial charge in [0, 0.05) is 13.1 Å². The minimum absolute atomic E-state index is 0.165. The van der Waals surface area contributed by atoms with Gasteiger partial charge in [0.05, 0.1) is 6.42 Å². The van der Waals surface area contributed by atoms with Gasteiger partial charge in [0.25, 0.3) is 0 Å². The van der Waals surface area contributed by atoms with Crippen molar-refractivity contribution < 1.29 is 14.0 Å². The van der Waals surface area contributed by atoms with Crippen LogP contribution in [0.4, 0.5) is 4.39 Å². The van der Waals surface area contributed by atoms with Crippen LogP contribution in [0.5, 0.6) is 0 Å². The molecule has 2 aromatic carbocycles. The van der Waals surface area contributed by atoms with Gasteiger partial charge in [-0.2, -0.15) is 0 Å². The lowest BCUT2D eigenvalue weighted by molar-refractivity contribution is -0.140. The Morgan fingerprint density at radius 1 is 1.12 bits per heavy atom. The van der Waals surface area contributed by atoms with Gasteiger partial charge in [-0.15, -0.1) is 6.58 Å². The van der Waals surface area contributed by atoms with Crippen LogP contribution in [0.3, 0.4) is 0 Å². The van der Waals surface area contributed by atoms with Crippen molar-refractivity contribution >= 4 is 11.8 Å². The molecule has 1 atom stereocenters. The molecule has 5 heteroatoms. The zero-order valence-corrected chi connectivity index (χ0v) is 14.8. The van der Waals surface area contributed by atoms with Gasteiger partial charge in [-0.05, 0) is 30.2 Å². The number of rotatable bonds is 8. The summed E-state index contributed by atoms with van der Waals surface area (Å²) in [6.07, 6.45) is 1.78. The monoisotopic (exact) mass is 354 g/mol. The van der Waals surface area contributed by atoms with Crippen molar-refractivity contribution in [3.63, 3.8) is 0 Å². The average Bonchev–Trinajstić information content (AvgIpc) is 2.65. The topological polar surface area (TPSA) is 49.4 Å². The summed E-state index contributed by atoms with van der Waals surface area (Å²) in [7, 11) is 0. The molecular formula is C21H23FN2O2. The van der Waals surface area contributed by atoms with Crippen LogP contribution >= 0.6 is 0 Å². The lowest BCUT2D eigenvalue weighted by Crippen LogP contribution is -2.48. The molecule has 136 valence electrons. The number of carbonyl (C=O) groups is 2. The average molecular weight is 354 g/mol. The van der Waals surface area contributed by atoms with Gasteiger partial charge in [0.15, 0.2) is 0 Å². The zero-order chi connectivity index (χ0) is 18.9. The molecule has 0 bridgehead atoms. The largest absolute Gasteiger partial charge is 0.351 e. The first kappa shape index (κ1) is 19.4. The van der Waals surface area contributed by atoms with Gasteiger partial charge in [-0.1, -0.05) is 48.5 Å². The molecule has 26 heavy (non-hydrogen) atoms. The molecule has 2 aromatic rings. The van der Waals surface area contributed by atoms with Crippen LogP contribution in [0.15, 0.2) is 67.3 Å². The van der Waals surface area contributed by atoms with E-state index in [0.29, 0.717) is 6.54 Å². The van der Waals surface area contributed by atoms with E-state index in [0.717, 1.165) is 11.1 Å². The molecule has 0 aliphatic heterocycles. The zero-order valence-electron chi connectivity index (χ0n) is 14.8. The van der Waals surface area contributed by atoms with E-state index in [2.05, 4.69) is 11.9 Å². The van der Waals surface area contributed by atoms with Crippen molar-refractivity contribution in [2.45, 2.75) is 25.9 Å². The van der Waals surface area contributed by atoms with Crippen LogP contribution in [0.2, 0.25) is 0 Å². The highest BCUT2D eigenvalue weighted by Gasteiger charge is 2.25. The van der Waals surface area contributed by atoms with E-state index in [9.17, 15) is 14.0 Å². The maximum atomic E-state index is 13.1. The molecule has 0 radical (unpaired) electrons. The van der Waals surface area contributed by atoms with Crippen LogP contribution in [0.1, 0.15) is 18.1 Å². The summed E-state index contributed by atoms with van der Waals surface area (Å²) in [5, 5.41) is 2.72. The number of nitrogens with zero attached hydrogens (tertiary/aromatic N) is 1. The fourth-order valence-electron chi connectivity index (χ4n) is 2.56. The summed E-state index contributed by atoms with van der Waals surface area (Å²) in [4.78, 5) is 26.7. The van der Waals surface area contributed by atoms with Gasteiger partial charge in [0.1, 0.15) is 11.9 Å². The Morgan fingerprint density at radius 2 is 1.77 bits per heavy atom. The van der Waals surface area contributed by atoms with E-state index in [1.165, 1.54) is 17.0 Å². The van der Waals surface area contributed by atoms with E-state index >= 15 is 0 Å². The Labute approximate surface area is 153 Å². The van der Waals surface area contributed by atoms with Crippen molar-refractivity contribution in [3.8, 4) is 0 Å². The molecule has 0 spiro atoms. The maximum absolute atomic E-state index is 13.1. The first-order valence-electron chi connectivity index (χ1n) is 8.47. The Morgan fingerprint density at radius 3 is 2.38 bits per heavy atom. The number of amides is 2. The van der Waals surface area contributed by atoms with E-state index in [4.69, 9.17) is 0 Å². The van der Waals surface area contributed by atoms with Gasteiger partial charge >= 0.3 is 0 Å². The molecule has 0 saturated carbocycles. The van der Waals surface area contributed by atoms with Crippen molar-refractivity contribution in [1.82, 2.24) is 10.2 Å². The summed E-state index contributed by atoms with van der Waals surface area (Å²) in [6, 6.07) is 14.6. The van der Waals surface area contributed by atoms with E-state index in [1.54, 1.807) is 25.1 Å². The third-order valence-corrected chi connectivity index (χ3v) is 4.05. The highest BCUT2D eigenvalue weighted by atomic mass is 19.1. The number of benzene rings is 2. The minimum atomic E-state index is -0.656. The Balaban J connectivity index is 2.18. The molecule has 2 amide bonds. The summed E-state index contributed by atoms with van der Waals surface area (Å²) in [5.74, 6) is -0.761. The maximum Gasteiger partial charge on any atom is 0.242 e. The fourth-order valence-corrected chi connectivity index (χ4v) is 2.56. The number of nitrogens with one attached hydrogen (secondary N) is 1. The summed E-state index contributed by atoms with van der Waals surface area (Å²) in [6.45, 7) is 5.82. The summed E-state index contributed by atoms with van der Waals surface area (Å²) in [5.41, 5.74) is 1.64. The first-order valence-corrected chi connectivity index (χ1v) is 8.47. The summed E-state index contributed by atoms with van der Waals surface area (Å²) < 4.78 is 13.1. The predicted octanol–water partition coefficient (Wildman–Crippen LogP) is 3.09. The summed E-state index contributed by atoms with van der Waals surface area (Å²) >= 11 is 0. The van der Waals surface area contributed by atoms with E-state index in [1.807, 2.05) is 30.3 Å². The molecular weight excluding hydrogens is 331 g/mol. The molecule has 0 aromatic heterocycles. The molecule has 4 nitrogen and oxygen atoms in total. The third kappa shape index (κ3) is 5.55. The number of hydrogen-bond acceptors (Lipinski definition) is 2. The molecule has 0 heterocycles.